The van der Waals surface area contributed by atoms with E-state index in [1.165, 1.54) is 4.90 Å². The first-order valence-electron chi connectivity index (χ1n) is 4.28. The van der Waals surface area contributed by atoms with Gasteiger partial charge in [-0.1, -0.05) is 0 Å². The number of carbonyl (C=O) groups excluding carboxylic acids is 1. The predicted molar refractivity (Wildman–Crippen MR) is 48.8 cm³/mol. The van der Waals surface area contributed by atoms with E-state index in [-0.39, 0.29) is 18.9 Å². The van der Waals surface area contributed by atoms with E-state index < -0.39 is 5.60 Å². The van der Waals surface area contributed by atoms with Gasteiger partial charge >= 0.3 is 0 Å². The molecule has 1 N–H and O–H groups in total. The molecule has 0 fully saturated rings. The minimum atomic E-state index is -0.902. The third-order valence-corrected chi connectivity index (χ3v) is 1.54. The number of nitriles is 1. The zero-order valence-corrected chi connectivity index (χ0v) is 8.37. The van der Waals surface area contributed by atoms with Gasteiger partial charge < -0.3 is 10.0 Å². The molecule has 0 saturated heterocycles. The smallest absolute Gasteiger partial charge is 0.236 e. The van der Waals surface area contributed by atoms with E-state index in [1.807, 2.05) is 6.92 Å². The van der Waals surface area contributed by atoms with E-state index in [4.69, 9.17) is 5.26 Å². The third kappa shape index (κ3) is 5.21. The average molecular weight is 184 g/mol. The van der Waals surface area contributed by atoms with Crippen LogP contribution in [-0.4, -0.2) is 34.6 Å². The minimum Gasteiger partial charge on any atom is -0.389 e. The summed E-state index contributed by atoms with van der Waals surface area (Å²) in [5.74, 6) is -0.230. The Hall–Kier alpha value is -1.08. The number of likely N-dealkylation sites (N-methyl/N-ethyl adjacent to an activating group) is 1. The molecule has 0 atom stereocenters. The molecule has 4 heteroatoms. The van der Waals surface area contributed by atoms with E-state index in [1.54, 1.807) is 19.9 Å². The van der Waals surface area contributed by atoms with Crippen LogP contribution in [0, 0.1) is 11.3 Å². The Balaban J connectivity index is 4.20. The molecule has 0 rings (SSSR count). The second-order valence-corrected chi connectivity index (χ2v) is 3.56. The molecule has 74 valence electrons. The quantitative estimate of drug-likeness (QED) is 0.692. The highest BCUT2D eigenvalue weighted by Crippen LogP contribution is 2.05. The Kier molecular flexibility index (Phi) is 4.43. The van der Waals surface area contributed by atoms with Gasteiger partial charge in [-0.3, -0.25) is 4.79 Å². The summed E-state index contributed by atoms with van der Waals surface area (Å²) < 4.78 is 0. The van der Waals surface area contributed by atoms with E-state index in [0.717, 1.165) is 0 Å². The van der Waals surface area contributed by atoms with Gasteiger partial charge in [-0.2, -0.15) is 5.26 Å². The molecule has 0 spiro atoms. The number of aliphatic hydroxyl groups is 1. The van der Waals surface area contributed by atoms with Crippen molar-refractivity contribution in [2.75, 3.05) is 13.1 Å². The molecule has 0 aromatic rings. The topological polar surface area (TPSA) is 64.3 Å². The van der Waals surface area contributed by atoms with Crippen molar-refractivity contribution in [1.82, 2.24) is 4.90 Å². The van der Waals surface area contributed by atoms with E-state index in [0.29, 0.717) is 6.54 Å². The van der Waals surface area contributed by atoms with Crippen molar-refractivity contribution >= 4 is 5.91 Å². The SMILES string of the molecule is CCN(CC(C)(C)O)C(=O)CC#N. The molecule has 0 aromatic heterocycles. The van der Waals surface area contributed by atoms with Gasteiger partial charge in [0.15, 0.2) is 0 Å². The van der Waals surface area contributed by atoms with Crippen LogP contribution >= 0.6 is 0 Å². The molecule has 1 amide bonds. The monoisotopic (exact) mass is 184 g/mol. The standard InChI is InChI=1S/C9H16N2O2/c1-4-11(7-9(2,3)13)8(12)5-6-10/h13H,4-5,7H2,1-3H3. The van der Waals surface area contributed by atoms with Crippen LogP contribution < -0.4 is 0 Å². The molecule has 0 aliphatic heterocycles. The van der Waals surface area contributed by atoms with Crippen molar-refractivity contribution in [3.8, 4) is 6.07 Å². The van der Waals surface area contributed by atoms with Crippen molar-refractivity contribution in [1.29, 1.82) is 5.26 Å². The first-order chi connectivity index (χ1) is 5.90. The van der Waals surface area contributed by atoms with Crippen LogP contribution in [0.4, 0.5) is 0 Å². The van der Waals surface area contributed by atoms with Crippen LogP contribution in [0.1, 0.15) is 27.2 Å². The Morgan fingerprint density at radius 1 is 1.62 bits per heavy atom. The molecular weight excluding hydrogens is 168 g/mol. The molecule has 0 aliphatic carbocycles. The van der Waals surface area contributed by atoms with Gasteiger partial charge in [0.25, 0.3) is 0 Å². The van der Waals surface area contributed by atoms with E-state index in [2.05, 4.69) is 0 Å². The lowest BCUT2D eigenvalue weighted by atomic mass is 10.1. The fourth-order valence-electron chi connectivity index (χ4n) is 1.02. The van der Waals surface area contributed by atoms with Gasteiger partial charge in [-0.15, -0.1) is 0 Å². The summed E-state index contributed by atoms with van der Waals surface area (Å²) in [5, 5.41) is 17.8. The Morgan fingerprint density at radius 3 is 2.46 bits per heavy atom. The summed E-state index contributed by atoms with van der Waals surface area (Å²) >= 11 is 0. The number of hydrogen-bond donors (Lipinski definition) is 1. The van der Waals surface area contributed by atoms with Gasteiger partial charge in [0.2, 0.25) is 5.91 Å². The van der Waals surface area contributed by atoms with Gasteiger partial charge in [0.1, 0.15) is 6.42 Å². The molecule has 0 saturated carbocycles. The maximum Gasteiger partial charge on any atom is 0.236 e. The highest BCUT2D eigenvalue weighted by Gasteiger charge is 2.20. The highest BCUT2D eigenvalue weighted by atomic mass is 16.3. The normalized spacial score (nSPS) is 10.7. The molecule has 0 heterocycles. The number of amides is 1. The van der Waals surface area contributed by atoms with Gasteiger partial charge in [0.05, 0.1) is 11.7 Å². The highest BCUT2D eigenvalue weighted by molar-refractivity contribution is 5.78. The summed E-state index contributed by atoms with van der Waals surface area (Å²) in [6, 6.07) is 1.80. The number of hydrogen-bond acceptors (Lipinski definition) is 3. The van der Waals surface area contributed by atoms with Crippen molar-refractivity contribution in [2.45, 2.75) is 32.8 Å². The largest absolute Gasteiger partial charge is 0.389 e. The van der Waals surface area contributed by atoms with Crippen LogP contribution in [0.25, 0.3) is 0 Å². The van der Waals surface area contributed by atoms with Crippen LogP contribution in [0.5, 0.6) is 0 Å². The average Bonchev–Trinajstić information content (AvgIpc) is 1.99. The Bertz CT molecular complexity index is 213. The van der Waals surface area contributed by atoms with E-state index >= 15 is 0 Å². The number of rotatable bonds is 4. The second kappa shape index (κ2) is 4.83. The van der Waals surface area contributed by atoms with Crippen molar-refractivity contribution in [3.63, 3.8) is 0 Å². The molecule has 0 bridgehead atoms. The third-order valence-electron chi connectivity index (χ3n) is 1.54. The minimum absolute atomic E-state index is 0.121. The molecule has 0 aromatic carbocycles. The van der Waals surface area contributed by atoms with Crippen LogP contribution in [-0.2, 0) is 4.79 Å². The number of carbonyl (C=O) groups is 1. The summed E-state index contributed by atoms with van der Waals surface area (Å²) in [4.78, 5) is 12.7. The van der Waals surface area contributed by atoms with Crippen molar-refractivity contribution in [2.24, 2.45) is 0 Å². The summed E-state index contributed by atoms with van der Waals surface area (Å²) in [7, 11) is 0. The molecule has 0 unspecified atom stereocenters. The van der Waals surface area contributed by atoms with Crippen LogP contribution in [0.3, 0.4) is 0 Å². The molecule has 4 nitrogen and oxygen atoms in total. The lowest BCUT2D eigenvalue weighted by Gasteiger charge is -2.27. The maximum absolute atomic E-state index is 11.2. The van der Waals surface area contributed by atoms with Crippen LogP contribution in [0.2, 0.25) is 0 Å². The lowest BCUT2D eigenvalue weighted by Crippen LogP contribution is -2.41. The molecule has 0 aliphatic rings. The predicted octanol–water partition coefficient (Wildman–Crippen LogP) is 0.519. The van der Waals surface area contributed by atoms with Crippen molar-refractivity contribution in [3.05, 3.63) is 0 Å². The zero-order valence-electron chi connectivity index (χ0n) is 8.37. The summed E-state index contributed by atoms with van der Waals surface area (Å²) in [5.41, 5.74) is -0.902. The Morgan fingerprint density at radius 2 is 2.15 bits per heavy atom. The number of nitrogens with zero attached hydrogens (tertiary/aromatic N) is 2. The first-order valence-corrected chi connectivity index (χ1v) is 4.28. The summed E-state index contributed by atoms with van der Waals surface area (Å²) in [6.45, 7) is 5.88. The fourth-order valence-corrected chi connectivity index (χ4v) is 1.02. The van der Waals surface area contributed by atoms with Crippen molar-refractivity contribution < 1.29 is 9.90 Å². The van der Waals surface area contributed by atoms with Crippen LogP contribution in [0.15, 0.2) is 0 Å². The van der Waals surface area contributed by atoms with Gasteiger partial charge in [0, 0.05) is 13.1 Å². The Labute approximate surface area is 78.8 Å². The van der Waals surface area contributed by atoms with Gasteiger partial charge in [-0.25, -0.2) is 0 Å². The summed E-state index contributed by atoms with van der Waals surface area (Å²) in [6.07, 6.45) is -0.121. The van der Waals surface area contributed by atoms with E-state index in [9.17, 15) is 9.90 Å². The molecule has 13 heavy (non-hydrogen) atoms. The lowest BCUT2D eigenvalue weighted by molar-refractivity contribution is -0.132. The molecular formula is C9H16N2O2. The maximum atomic E-state index is 11.2. The zero-order chi connectivity index (χ0) is 10.5. The molecule has 0 radical (unpaired) electrons. The first kappa shape index (κ1) is 11.9. The second-order valence-electron chi connectivity index (χ2n) is 3.56. The van der Waals surface area contributed by atoms with Gasteiger partial charge in [-0.05, 0) is 20.8 Å². The fraction of sp³-hybridized carbons (Fsp3) is 0.778.